The van der Waals surface area contributed by atoms with Crippen molar-refractivity contribution in [1.29, 1.82) is 5.26 Å². The van der Waals surface area contributed by atoms with E-state index >= 15 is 0 Å². The molecule has 2 fully saturated rings. The minimum Gasteiger partial charge on any atom is -0.372 e. The predicted molar refractivity (Wildman–Crippen MR) is 69.0 cm³/mol. The fraction of sp³-hybridized carbons (Fsp3) is 0.533. The maximum absolute atomic E-state index is 8.80. The zero-order chi connectivity index (χ0) is 12.4. The molecule has 3 atom stereocenters. The first-order chi connectivity index (χ1) is 8.86. The summed E-state index contributed by atoms with van der Waals surface area (Å²) in [5, 5.41) is 12.4. The summed E-state index contributed by atoms with van der Waals surface area (Å²) < 4.78 is 6.03. The van der Waals surface area contributed by atoms with Gasteiger partial charge in [0.2, 0.25) is 0 Å². The van der Waals surface area contributed by atoms with Crippen LogP contribution in [0, 0.1) is 17.2 Å². The van der Waals surface area contributed by atoms with Crippen LogP contribution in [0.1, 0.15) is 36.5 Å². The van der Waals surface area contributed by atoms with Crippen molar-refractivity contribution < 1.29 is 4.74 Å². The Bertz CT molecular complexity index is 435. The molecule has 0 amide bonds. The maximum Gasteiger partial charge on any atom is 0.0991 e. The quantitative estimate of drug-likeness (QED) is 0.822. The second-order valence-electron chi connectivity index (χ2n) is 5.26. The normalized spacial score (nSPS) is 31.4. The Morgan fingerprint density at radius 2 is 2.06 bits per heavy atom. The fourth-order valence-electron chi connectivity index (χ4n) is 3.05. The summed E-state index contributed by atoms with van der Waals surface area (Å²) in [6.07, 6.45) is 4.03. The van der Waals surface area contributed by atoms with E-state index in [0.29, 0.717) is 17.5 Å². The summed E-state index contributed by atoms with van der Waals surface area (Å²) in [6.45, 7) is 1.75. The molecule has 1 aromatic rings. The minimum atomic E-state index is 0.128. The Morgan fingerprint density at radius 3 is 2.83 bits per heavy atom. The number of nitriles is 1. The van der Waals surface area contributed by atoms with E-state index in [4.69, 9.17) is 10.00 Å². The zero-order valence-corrected chi connectivity index (χ0v) is 10.4. The molecule has 1 aliphatic carbocycles. The molecule has 1 aromatic carbocycles. The first kappa shape index (κ1) is 11.7. The number of hydrogen-bond acceptors (Lipinski definition) is 3. The molecule has 1 saturated carbocycles. The number of rotatable bonds is 1. The zero-order valence-electron chi connectivity index (χ0n) is 10.4. The molecule has 1 saturated heterocycles. The van der Waals surface area contributed by atoms with Crippen LogP contribution in [0.3, 0.4) is 0 Å². The molecular weight excluding hydrogens is 224 g/mol. The van der Waals surface area contributed by atoms with Crippen LogP contribution < -0.4 is 5.32 Å². The Kier molecular flexibility index (Phi) is 3.31. The highest BCUT2D eigenvalue weighted by molar-refractivity contribution is 5.32. The van der Waals surface area contributed by atoms with Crippen LogP contribution in [0.25, 0.3) is 0 Å². The van der Waals surface area contributed by atoms with E-state index < -0.39 is 0 Å². The molecule has 1 aliphatic heterocycles. The van der Waals surface area contributed by atoms with Gasteiger partial charge < -0.3 is 10.1 Å². The third-order valence-corrected chi connectivity index (χ3v) is 4.15. The number of nitrogens with one attached hydrogen (secondary N) is 1. The highest BCUT2D eigenvalue weighted by atomic mass is 16.5. The van der Waals surface area contributed by atoms with Gasteiger partial charge in [-0.25, -0.2) is 0 Å². The summed E-state index contributed by atoms with van der Waals surface area (Å²) in [7, 11) is 0. The van der Waals surface area contributed by atoms with Crippen LogP contribution in [0.4, 0.5) is 0 Å². The van der Waals surface area contributed by atoms with Gasteiger partial charge in [-0.05, 0) is 36.5 Å². The van der Waals surface area contributed by atoms with E-state index in [1.807, 2.05) is 24.3 Å². The standard InChI is InChI=1S/C15H18N2O/c16-8-11-4-6-12(7-5-11)15-9-17-14-3-1-2-13(14)10-18-15/h4-7,13-15,17H,1-3,9-10H2. The first-order valence-corrected chi connectivity index (χ1v) is 6.72. The van der Waals surface area contributed by atoms with E-state index in [-0.39, 0.29) is 6.10 Å². The molecule has 18 heavy (non-hydrogen) atoms. The Hall–Kier alpha value is -1.37. The van der Waals surface area contributed by atoms with Gasteiger partial charge >= 0.3 is 0 Å². The lowest BCUT2D eigenvalue weighted by molar-refractivity contribution is 0.0474. The molecule has 3 heteroatoms. The topological polar surface area (TPSA) is 45.0 Å². The molecule has 94 valence electrons. The molecule has 2 aliphatic rings. The highest BCUT2D eigenvalue weighted by Crippen LogP contribution is 2.31. The summed E-state index contributed by atoms with van der Waals surface area (Å²) in [5.74, 6) is 0.688. The van der Waals surface area contributed by atoms with Crippen LogP contribution in [-0.4, -0.2) is 19.2 Å². The molecule has 3 nitrogen and oxygen atoms in total. The van der Waals surface area contributed by atoms with Gasteiger partial charge in [0.15, 0.2) is 0 Å². The van der Waals surface area contributed by atoms with E-state index in [1.165, 1.54) is 24.8 Å². The van der Waals surface area contributed by atoms with Crippen molar-refractivity contribution in [3.05, 3.63) is 35.4 Å². The Morgan fingerprint density at radius 1 is 1.22 bits per heavy atom. The molecule has 1 N–H and O–H groups in total. The van der Waals surface area contributed by atoms with Crippen LogP contribution in [0.15, 0.2) is 24.3 Å². The van der Waals surface area contributed by atoms with E-state index in [9.17, 15) is 0 Å². The third kappa shape index (κ3) is 2.27. The first-order valence-electron chi connectivity index (χ1n) is 6.72. The van der Waals surface area contributed by atoms with Crippen molar-refractivity contribution in [3.63, 3.8) is 0 Å². The average Bonchev–Trinajstić information content (AvgIpc) is 2.78. The number of fused-ring (bicyclic) bond motifs is 1. The summed E-state index contributed by atoms with van der Waals surface area (Å²) >= 11 is 0. The predicted octanol–water partition coefficient (Wildman–Crippen LogP) is 2.39. The lowest BCUT2D eigenvalue weighted by atomic mass is 10.1. The molecule has 3 rings (SSSR count). The summed E-state index contributed by atoms with van der Waals surface area (Å²) in [6, 6.07) is 10.5. The van der Waals surface area contributed by atoms with Crippen LogP contribution in [0.2, 0.25) is 0 Å². The van der Waals surface area contributed by atoms with Crippen molar-refractivity contribution in [3.8, 4) is 6.07 Å². The van der Waals surface area contributed by atoms with Gasteiger partial charge in [0, 0.05) is 12.6 Å². The van der Waals surface area contributed by atoms with Gasteiger partial charge in [0.05, 0.1) is 24.3 Å². The number of hydrogen-bond donors (Lipinski definition) is 1. The van der Waals surface area contributed by atoms with E-state index in [2.05, 4.69) is 11.4 Å². The van der Waals surface area contributed by atoms with Crippen LogP contribution >= 0.6 is 0 Å². The van der Waals surface area contributed by atoms with Crippen molar-refractivity contribution in [2.24, 2.45) is 5.92 Å². The molecule has 0 spiro atoms. The molecule has 0 aromatic heterocycles. The highest BCUT2D eigenvalue weighted by Gasteiger charge is 2.31. The number of benzene rings is 1. The van der Waals surface area contributed by atoms with Gasteiger partial charge in [0.25, 0.3) is 0 Å². The largest absolute Gasteiger partial charge is 0.372 e. The van der Waals surface area contributed by atoms with Gasteiger partial charge in [-0.1, -0.05) is 18.6 Å². The molecule has 1 heterocycles. The summed E-state index contributed by atoms with van der Waals surface area (Å²) in [4.78, 5) is 0. The number of nitrogens with zero attached hydrogens (tertiary/aromatic N) is 1. The lowest BCUT2D eigenvalue weighted by Crippen LogP contribution is -2.32. The molecule has 3 unspecified atom stereocenters. The second kappa shape index (κ2) is 5.09. The van der Waals surface area contributed by atoms with E-state index in [0.717, 1.165) is 13.2 Å². The van der Waals surface area contributed by atoms with Crippen molar-refractivity contribution in [1.82, 2.24) is 5.32 Å². The van der Waals surface area contributed by atoms with Gasteiger partial charge in [-0.15, -0.1) is 0 Å². The van der Waals surface area contributed by atoms with Crippen LogP contribution in [0.5, 0.6) is 0 Å². The maximum atomic E-state index is 8.80. The smallest absolute Gasteiger partial charge is 0.0991 e. The minimum absolute atomic E-state index is 0.128. The monoisotopic (exact) mass is 242 g/mol. The van der Waals surface area contributed by atoms with E-state index in [1.54, 1.807) is 0 Å². The Balaban J connectivity index is 1.71. The third-order valence-electron chi connectivity index (χ3n) is 4.15. The van der Waals surface area contributed by atoms with Gasteiger partial charge in [-0.2, -0.15) is 5.26 Å². The number of ether oxygens (including phenoxy) is 1. The average molecular weight is 242 g/mol. The Labute approximate surface area is 108 Å². The van der Waals surface area contributed by atoms with Gasteiger partial charge in [-0.3, -0.25) is 0 Å². The van der Waals surface area contributed by atoms with Crippen LogP contribution in [-0.2, 0) is 4.74 Å². The molecular formula is C15H18N2O. The summed E-state index contributed by atoms with van der Waals surface area (Å²) in [5.41, 5.74) is 1.87. The SMILES string of the molecule is N#Cc1ccc(C2CNC3CCCC3CO2)cc1. The molecule has 0 radical (unpaired) electrons. The van der Waals surface area contributed by atoms with Gasteiger partial charge in [0.1, 0.15) is 0 Å². The van der Waals surface area contributed by atoms with Crippen molar-refractivity contribution >= 4 is 0 Å². The second-order valence-corrected chi connectivity index (χ2v) is 5.26. The fourth-order valence-corrected chi connectivity index (χ4v) is 3.05. The van der Waals surface area contributed by atoms with Crippen molar-refractivity contribution in [2.45, 2.75) is 31.4 Å². The molecule has 0 bridgehead atoms. The van der Waals surface area contributed by atoms with Crippen molar-refractivity contribution in [2.75, 3.05) is 13.2 Å². The lowest BCUT2D eigenvalue weighted by Gasteiger charge is -2.16.